The number of amides is 1. The van der Waals surface area contributed by atoms with Crippen LogP contribution in [0, 0.1) is 0 Å². The van der Waals surface area contributed by atoms with E-state index in [1.54, 1.807) is 18.2 Å². The Kier molecular flexibility index (Phi) is 4.98. The van der Waals surface area contributed by atoms with Gasteiger partial charge in [0, 0.05) is 4.47 Å². The summed E-state index contributed by atoms with van der Waals surface area (Å²) in [6.45, 7) is 0.219. The normalized spacial score (nSPS) is 16.8. The first-order valence-electron chi connectivity index (χ1n) is 5.38. The molecule has 0 aliphatic carbocycles. The fourth-order valence-electron chi connectivity index (χ4n) is 1.44. The van der Waals surface area contributed by atoms with E-state index >= 15 is 0 Å². The molecule has 2 N–H and O–H groups in total. The quantitative estimate of drug-likeness (QED) is 0.638. The summed E-state index contributed by atoms with van der Waals surface area (Å²) < 4.78 is 6.57. The number of halogens is 1. The number of benzene rings is 1. The fourth-order valence-corrected chi connectivity index (χ4v) is 2.95. The number of aliphatic hydroxyl groups excluding tert-OH is 1. The number of carbonyl (C=O) groups excluding carboxylic acids is 1. The van der Waals surface area contributed by atoms with E-state index in [9.17, 15) is 4.79 Å². The van der Waals surface area contributed by atoms with Crippen LogP contribution in [0.25, 0.3) is 6.08 Å². The average molecular weight is 360 g/mol. The van der Waals surface area contributed by atoms with E-state index in [0.717, 1.165) is 10.0 Å². The van der Waals surface area contributed by atoms with Crippen molar-refractivity contribution in [2.24, 2.45) is 0 Å². The number of rotatable bonds is 4. The van der Waals surface area contributed by atoms with Gasteiger partial charge in [-0.25, -0.2) is 0 Å². The van der Waals surface area contributed by atoms with Crippen molar-refractivity contribution in [2.45, 2.75) is 0 Å². The predicted molar refractivity (Wildman–Crippen MR) is 83.0 cm³/mol. The summed E-state index contributed by atoms with van der Waals surface area (Å²) in [5.74, 6) is 0.477. The second kappa shape index (κ2) is 6.51. The van der Waals surface area contributed by atoms with Gasteiger partial charge in [0.05, 0.1) is 11.5 Å². The van der Waals surface area contributed by atoms with Crippen LogP contribution in [0.3, 0.4) is 0 Å². The van der Waals surface area contributed by atoms with Crippen LogP contribution in [0.5, 0.6) is 5.75 Å². The maximum absolute atomic E-state index is 11.6. The molecular weight excluding hydrogens is 350 g/mol. The van der Waals surface area contributed by atoms with E-state index < -0.39 is 0 Å². The minimum Gasteiger partial charge on any atom is -0.491 e. The zero-order valence-corrected chi connectivity index (χ0v) is 12.9. The first kappa shape index (κ1) is 14.5. The van der Waals surface area contributed by atoms with Crippen molar-refractivity contribution in [1.82, 2.24) is 5.32 Å². The molecule has 1 aliphatic heterocycles. The molecule has 7 heteroatoms. The molecule has 1 aromatic carbocycles. The van der Waals surface area contributed by atoms with Gasteiger partial charge in [-0.3, -0.25) is 4.79 Å². The Morgan fingerprint density at radius 2 is 2.32 bits per heavy atom. The first-order chi connectivity index (χ1) is 9.10. The van der Waals surface area contributed by atoms with E-state index in [0.29, 0.717) is 15.0 Å². The summed E-state index contributed by atoms with van der Waals surface area (Å²) in [7, 11) is 0. The Morgan fingerprint density at radius 1 is 1.53 bits per heavy atom. The minimum absolute atomic E-state index is 0.0301. The van der Waals surface area contributed by atoms with Gasteiger partial charge in [0.15, 0.2) is 0 Å². The van der Waals surface area contributed by atoms with Gasteiger partial charge in [0.2, 0.25) is 0 Å². The highest BCUT2D eigenvalue weighted by molar-refractivity contribution is 9.10. The van der Waals surface area contributed by atoms with Crippen molar-refractivity contribution in [1.29, 1.82) is 0 Å². The summed E-state index contributed by atoms with van der Waals surface area (Å²) >= 11 is 9.59. The first-order valence-corrected chi connectivity index (χ1v) is 7.40. The number of thioether (sulfide) groups is 1. The molecule has 1 aliphatic rings. The van der Waals surface area contributed by atoms with Crippen LogP contribution in [0.15, 0.2) is 27.6 Å². The lowest BCUT2D eigenvalue weighted by Gasteiger charge is -2.06. The molecule has 0 aromatic heterocycles. The molecule has 0 unspecified atom stereocenters. The van der Waals surface area contributed by atoms with Gasteiger partial charge in [-0.05, 0) is 23.8 Å². The zero-order valence-electron chi connectivity index (χ0n) is 9.68. The highest BCUT2D eigenvalue weighted by atomic mass is 79.9. The topological polar surface area (TPSA) is 58.6 Å². The lowest BCUT2D eigenvalue weighted by atomic mass is 10.2. The molecule has 19 heavy (non-hydrogen) atoms. The highest BCUT2D eigenvalue weighted by Crippen LogP contribution is 2.30. The van der Waals surface area contributed by atoms with Crippen LogP contribution in [0.4, 0.5) is 0 Å². The number of carbonyl (C=O) groups is 1. The molecule has 1 heterocycles. The summed E-state index contributed by atoms with van der Waals surface area (Å²) in [6.07, 6.45) is 1.76. The Labute approximate surface area is 128 Å². The monoisotopic (exact) mass is 359 g/mol. The smallest absolute Gasteiger partial charge is 0.263 e. The Morgan fingerprint density at radius 3 is 2.89 bits per heavy atom. The second-order valence-corrected chi connectivity index (χ2v) is 6.18. The van der Waals surface area contributed by atoms with Crippen LogP contribution in [0.2, 0.25) is 0 Å². The molecule has 1 fully saturated rings. The zero-order chi connectivity index (χ0) is 13.8. The third-order valence-electron chi connectivity index (χ3n) is 2.26. The van der Waals surface area contributed by atoms with Gasteiger partial charge in [0.25, 0.3) is 5.91 Å². The van der Waals surface area contributed by atoms with Crippen LogP contribution < -0.4 is 10.1 Å². The molecule has 1 saturated heterocycles. The van der Waals surface area contributed by atoms with Gasteiger partial charge in [-0.2, -0.15) is 0 Å². The fraction of sp³-hybridized carbons (Fsp3) is 0.167. The van der Waals surface area contributed by atoms with Crippen molar-refractivity contribution in [3.05, 3.63) is 33.1 Å². The highest BCUT2D eigenvalue weighted by Gasteiger charge is 2.22. The van der Waals surface area contributed by atoms with Crippen molar-refractivity contribution >= 4 is 56.2 Å². The second-order valence-electron chi connectivity index (χ2n) is 3.61. The standard InChI is InChI=1S/C12H10BrNO3S2/c13-9-6-8(17-4-3-15)2-1-7(9)5-10-11(16)14-12(18)19-10/h1-2,5-6,15H,3-4H2,(H,14,16,18)/b10-5-. The van der Waals surface area contributed by atoms with Gasteiger partial charge < -0.3 is 15.2 Å². The molecule has 0 saturated carbocycles. The Hall–Kier alpha value is -0.890. The molecule has 1 amide bonds. The summed E-state index contributed by atoms with van der Waals surface area (Å²) in [6, 6.07) is 5.40. The van der Waals surface area contributed by atoms with E-state index in [1.165, 1.54) is 11.8 Å². The molecule has 0 atom stereocenters. The third-order valence-corrected chi connectivity index (χ3v) is 4.11. The Bertz CT molecular complexity index is 560. The number of aliphatic hydroxyl groups is 1. The maximum Gasteiger partial charge on any atom is 0.263 e. The summed E-state index contributed by atoms with van der Waals surface area (Å²) in [4.78, 5) is 12.1. The van der Waals surface area contributed by atoms with E-state index in [2.05, 4.69) is 21.2 Å². The van der Waals surface area contributed by atoms with Crippen molar-refractivity contribution < 1.29 is 14.6 Å². The molecule has 0 radical (unpaired) electrons. The van der Waals surface area contributed by atoms with Crippen LogP contribution in [-0.2, 0) is 4.79 Å². The number of nitrogens with one attached hydrogen (secondary N) is 1. The van der Waals surface area contributed by atoms with E-state index in [4.69, 9.17) is 22.1 Å². The van der Waals surface area contributed by atoms with Crippen molar-refractivity contribution in [3.8, 4) is 5.75 Å². The van der Waals surface area contributed by atoms with Crippen LogP contribution in [0.1, 0.15) is 5.56 Å². The van der Waals surface area contributed by atoms with Crippen LogP contribution >= 0.6 is 39.9 Å². The summed E-state index contributed by atoms with van der Waals surface area (Å²) in [5.41, 5.74) is 0.860. The number of ether oxygens (including phenoxy) is 1. The predicted octanol–water partition coefficient (Wildman–Crippen LogP) is 2.31. The van der Waals surface area contributed by atoms with Crippen molar-refractivity contribution in [2.75, 3.05) is 13.2 Å². The summed E-state index contributed by atoms with van der Waals surface area (Å²) in [5, 5.41) is 11.3. The largest absolute Gasteiger partial charge is 0.491 e. The molecule has 100 valence electrons. The van der Waals surface area contributed by atoms with Gasteiger partial charge in [-0.15, -0.1) is 0 Å². The number of hydrogen-bond acceptors (Lipinski definition) is 5. The SMILES string of the molecule is O=C1NC(=S)S/C1=C\c1ccc(OCCO)cc1Br. The third kappa shape index (κ3) is 3.79. The van der Waals surface area contributed by atoms with Gasteiger partial charge in [0.1, 0.15) is 16.7 Å². The minimum atomic E-state index is -0.178. The maximum atomic E-state index is 11.6. The molecule has 1 aromatic rings. The van der Waals surface area contributed by atoms with Gasteiger partial charge >= 0.3 is 0 Å². The van der Waals surface area contributed by atoms with Crippen LogP contribution in [-0.4, -0.2) is 28.5 Å². The number of thiocarbonyl (C=S) groups is 1. The average Bonchev–Trinajstić information content (AvgIpc) is 2.68. The molecular formula is C12H10BrNO3S2. The lowest BCUT2D eigenvalue weighted by molar-refractivity contribution is -0.115. The van der Waals surface area contributed by atoms with E-state index in [1.807, 2.05) is 6.07 Å². The number of hydrogen-bond donors (Lipinski definition) is 2. The Balaban J connectivity index is 2.19. The molecule has 0 spiro atoms. The molecule has 2 rings (SSSR count). The van der Waals surface area contributed by atoms with Crippen molar-refractivity contribution in [3.63, 3.8) is 0 Å². The van der Waals surface area contributed by atoms with Gasteiger partial charge in [-0.1, -0.05) is 46.0 Å². The lowest BCUT2D eigenvalue weighted by Crippen LogP contribution is -2.17. The molecule has 0 bridgehead atoms. The molecule has 4 nitrogen and oxygen atoms in total. The van der Waals surface area contributed by atoms with E-state index in [-0.39, 0.29) is 19.1 Å².